The standard InChI is InChI=1S/C17H21N3O2/c1-3-5-13-11-15(19-18-13)17(21)20-9-8-16(20)12-6-4-7-14(10-12)22-2/h4,6-7,10-11,16H,3,5,8-9H2,1-2H3,(H,18,19). The molecule has 1 unspecified atom stereocenters. The van der Waals surface area contributed by atoms with E-state index in [0.29, 0.717) is 5.69 Å². The first-order chi connectivity index (χ1) is 10.7. The van der Waals surface area contributed by atoms with Gasteiger partial charge < -0.3 is 9.64 Å². The van der Waals surface area contributed by atoms with E-state index in [9.17, 15) is 4.79 Å². The van der Waals surface area contributed by atoms with Crippen LogP contribution in [0.3, 0.4) is 0 Å². The zero-order valence-electron chi connectivity index (χ0n) is 13.0. The minimum absolute atomic E-state index is 0.00215. The maximum Gasteiger partial charge on any atom is 0.274 e. The zero-order valence-corrected chi connectivity index (χ0v) is 13.0. The van der Waals surface area contributed by atoms with Crippen LogP contribution in [0.4, 0.5) is 0 Å². The van der Waals surface area contributed by atoms with Crippen molar-refractivity contribution in [1.29, 1.82) is 0 Å². The highest BCUT2D eigenvalue weighted by Gasteiger charge is 2.35. The summed E-state index contributed by atoms with van der Waals surface area (Å²) in [7, 11) is 1.65. The lowest BCUT2D eigenvalue weighted by molar-refractivity contribution is 0.0453. The zero-order chi connectivity index (χ0) is 15.5. The van der Waals surface area contributed by atoms with Crippen molar-refractivity contribution in [2.75, 3.05) is 13.7 Å². The summed E-state index contributed by atoms with van der Waals surface area (Å²) in [6.45, 7) is 2.88. The molecule has 1 atom stereocenters. The van der Waals surface area contributed by atoms with Gasteiger partial charge in [-0.2, -0.15) is 5.10 Å². The van der Waals surface area contributed by atoms with Crippen molar-refractivity contribution in [1.82, 2.24) is 15.1 Å². The molecule has 1 fully saturated rings. The highest BCUT2D eigenvalue weighted by Crippen LogP contribution is 2.35. The van der Waals surface area contributed by atoms with E-state index in [1.807, 2.05) is 35.2 Å². The molecule has 22 heavy (non-hydrogen) atoms. The molecule has 1 saturated heterocycles. The van der Waals surface area contributed by atoms with Gasteiger partial charge in [0.2, 0.25) is 0 Å². The second kappa shape index (κ2) is 6.22. The van der Waals surface area contributed by atoms with E-state index in [2.05, 4.69) is 17.1 Å². The van der Waals surface area contributed by atoms with Crippen LogP contribution in [-0.4, -0.2) is 34.7 Å². The highest BCUT2D eigenvalue weighted by molar-refractivity contribution is 5.93. The third kappa shape index (κ3) is 2.71. The normalized spacial score (nSPS) is 17.2. The Morgan fingerprint density at radius 3 is 3.00 bits per heavy atom. The number of methoxy groups -OCH3 is 1. The number of amides is 1. The Bertz CT molecular complexity index is 665. The summed E-state index contributed by atoms with van der Waals surface area (Å²) in [6.07, 6.45) is 2.93. The lowest BCUT2D eigenvalue weighted by atomic mass is 9.94. The van der Waals surface area contributed by atoms with Crippen LogP contribution in [0.15, 0.2) is 30.3 Å². The fraction of sp³-hybridized carbons (Fsp3) is 0.412. The third-order valence-corrected chi connectivity index (χ3v) is 4.13. The third-order valence-electron chi connectivity index (χ3n) is 4.13. The lowest BCUT2D eigenvalue weighted by Crippen LogP contribution is -2.45. The maximum atomic E-state index is 12.6. The minimum atomic E-state index is -0.00215. The second-order valence-corrected chi connectivity index (χ2v) is 5.61. The average molecular weight is 299 g/mol. The number of nitrogens with one attached hydrogen (secondary N) is 1. The fourth-order valence-corrected chi connectivity index (χ4v) is 2.84. The molecular formula is C17H21N3O2. The molecule has 2 aromatic rings. The van der Waals surface area contributed by atoms with Crippen LogP contribution in [0.25, 0.3) is 0 Å². The van der Waals surface area contributed by atoms with Gasteiger partial charge >= 0.3 is 0 Å². The quantitative estimate of drug-likeness (QED) is 0.923. The summed E-state index contributed by atoms with van der Waals surface area (Å²) < 4.78 is 5.26. The Kier molecular flexibility index (Phi) is 4.13. The molecule has 0 radical (unpaired) electrons. The van der Waals surface area contributed by atoms with Gasteiger partial charge in [0.1, 0.15) is 11.4 Å². The van der Waals surface area contributed by atoms with Gasteiger partial charge in [0.25, 0.3) is 5.91 Å². The average Bonchev–Trinajstić information content (AvgIpc) is 2.95. The Balaban J connectivity index is 1.75. The molecule has 1 aliphatic rings. The number of benzene rings is 1. The number of hydrogen-bond acceptors (Lipinski definition) is 3. The topological polar surface area (TPSA) is 58.2 Å². The van der Waals surface area contributed by atoms with Gasteiger partial charge in [-0.25, -0.2) is 0 Å². The van der Waals surface area contributed by atoms with Crippen LogP contribution in [0.5, 0.6) is 5.75 Å². The molecule has 1 amide bonds. The predicted octanol–water partition coefficient (Wildman–Crippen LogP) is 2.96. The Morgan fingerprint density at radius 1 is 1.45 bits per heavy atom. The molecule has 0 spiro atoms. The summed E-state index contributed by atoms with van der Waals surface area (Å²) in [5.74, 6) is 0.819. The van der Waals surface area contributed by atoms with Crippen LogP contribution < -0.4 is 4.74 Å². The molecule has 116 valence electrons. The Hall–Kier alpha value is -2.30. The summed E-state index contributed by atoms with van der Waals surface area (Å²) in [6, 6.07) is 9.90. The lowest BCUT2D eigenvalue weighted by Gasteiger charge is -2.41. The molecular weight excluding hydrogens is 278 g/mol. The summed E-state index contributed by atoms with van der Waals surface area (Å²) in [5, 5.41) is 7.10. The van der Waals surface area contributed by atoms with E-state index in [1.54, 1.807) is 7.11 Å². The van der Waals surface area contributed by atoms with E-state index < -0.39 is 0 Å². The molecule has 0 saturated carbocycles. The molecule has 1 aliphatic heterocycles. The van der Waals surface area contributed by atoms with Crippen LogP contribution in [0.2, 0.25) is 0 Å². The second-order valence-electron chi connectivity index (χ2n) is 5.61. The summed E-state index contributed by atoms with van der Waals surface area (Å²) in [5.41, 5.74) is 2.64. The van der Waals surface area contributed by atoms with Crippen molar-refractivity contribution in [3.8, 4) is 5.75 Å². The molecule has 5 heteroatoms. The van der Waals surface area contributed by atoms with Crippen molar-refractivity contribution in [2.24, 2.45) is 0 Å². The number of rotatable bonds is 5. The summed E-state index contributed by atoms with van der Waals surface area (Å²) >= 11 is 0. The number of hydrogen-bond donors (Lipinski definition) is 1. The molecule has 1 N–H and O–H groups in total. The molecule has 1 aromatic heterocycles. The SMILES string of the molecule is CCCc1cc(C(=O)N2CCC2c2cccc(OC)c2)n[nH]1. The number of carbonyl (C=O) groups is 1. The molecule has 2 heterocycles. The first kappa shape index (κ1) is 14.6. The van der Waals surface area contributed by atoms with Crippen LogP contribution >= 0.6 is 0 Å². The fourth-order valence-electron chi connectivity index (χ4n) is 2.84. The van der Waals surface area contributed by atoms with E-state index >= 15 is 0 Å². The van der Waals surface area contributed by atoms with Crippen LogP contribution in [0, 0.1) is 0 Å². The number of carbonyl (C=O) groups excluding carboxylic acids is 1. The van der Waals surface area contributed by atoms with Gasteiger partial charge in [-0.3, -0.25) is 9.89 Å². The minimum Gasteiger partial charge on any atom is -0.497 e. The van der Waals surface area contributed by atoms with Gasteiger partial charge in [0, 0.05) is 12.2 Å². The molecule has 1 aromatic carbocycles. The van der Waals surface area contributed by atoms with Gasteiger partial charge in [0.15, 0.2) is 0 Å². The van der Waals surface area contributed by atoms with Gasteiger partial charge in [-0.1, -0.05) is 25.5 Å². The number of H-pyrrole nitrogens is 1. The monoisotopic (exact) mass is 299 g/mol. The molecule has 0 bridgehead atoms. The molecule has 0 aliphatic carbocycles. The number of ether oxygens (including phenoxy) is 1. The largest absolute Gasteiger partial charge is 0.497 e. The number of likely N-dealkylation sites (tertiary alicyclic amines) is 1. The predicted molar refractivity (Wildman–Crippen MR) is 84.0 cm³/mol. The van der Waals surface area contributed by atoms with Crippen molar-refractivity contribution in [3.05, 3.63) is 47.3 Å². The van der Waals surface area contributed by atoms with E-state index in [-0.39, 0.29) is 11.9 Å². The van der Waals surface area contributed by atoms with E-state index in [1.165, 1.54) is 0 Å². The van der Waals surface area contributed by atoms with Crippen molar-refractivity contribution in [3.63, 3.8) is 0 Å². The first-order valence-electron chi connectivity index (χ1n) is 7.72. The number of aromatic nitrogens is 2. The van der Waals surface area contributed by atoms with Crippen LogP contribution in [0.1, 0.15) is 47.6 Å². The van der Waals surface area contributed by atoms with Gasteiger partial charge in [0.05, 0.1) is 13.2 Å². The number of aryl methyl sites for hydroxylation is 1. The highest BCUT2D eigenvalue weighted by atomic mass is 16.5. The van der Waals surface area contributed by atoms with Crippen LogP contribution in [-0.2, 0) is 6.42 Å². The summed E-state index contributed by atoms with van der Waals surface area (Å²) in [4.78, 5) is 14.5. The number of nitrogens with zero attached hydrogens (tertiary/aromatic N) is 2. The van der Waals surface area contributed by atoms with Gasteiger partial charge in [-0.15, -0.1) is 0 Å². The van der Waals surface area contributed by atoms with Crippen molar-refractivity contribution in [2.45, 2.75) is 32.2 Å². The van der Waals surface area contributed by atoms with Crippen molar-refractivity contribution >= 4 is 5.91 Å². The Labute approximate surface area is 130 Å². The Morgan fingerprint density at radius 2 is 2.32 bits per heavy atom. The maximum absolute atomic E-state index is 12.6. The van der Waals surface area contributed by atoms with E-state index in [4.69, 9.17) is 4.74 Å². The van der Waals surface area contributed by atoms with Crippen molar-refractivity contribution < 1.29 is 9.53 Å². The van der Waals surface area contributed by atoms with E-state index in [0.717, 1.165) is 42.8 Å². The van der Waals surface area contributed by atoms with Gasteiger partial charge in [-0.05, 0) is 36.6 Å². The smallest absolute Gasteiger partial charge is 0.274 e. The number of aromatic amines is 1. The first-order valence-corrected chi connectivity index (χ1v) is 7.72. The molecule has 5 nitrogen and oxygen atoms in total. The molecule has 3 rings (SSSR count).